The lowest BCUT2D eigenvalue weighted by molar-refractivity contribution is -0.144. The molecule has 0 spiro atoms. The molecule has 1 N–H and O–H groups in total. The van der Waals surface area contributed by atoms with E-state index in [1.807, 2.05) is 19.1 Å². The Labute approximate surface area is 149 Å². The summed E-state index contributed by atoms with van der Waals surface area (Å²) in [4.78, 5) is 16.6. The van der Waals surface area contributed by atoms with E-state index in [9.17, 15) is 9.90 Å². The van der Waals surface area contributed by atoms with Crippen LogP contribution < -0.4 is 0 Å². The second kappa shape index (κ2) is 7.72. The molecule has 2 aromatic rings. The summed E-state index contributed by atoms with van der Waals surface area (Å²) >= 11 is 0. The molecule has 0 saturated carbocycles. The predicted molar refractivity (Wildman–Crippen MR) is 95.8 cm³/mol. The molecule has 1 aromatic heterocycles. The zero-order valence-corrected chi connectivity index (χ0v) is 15.6. The molecule has 5 nitrogen and oxygen atoms in total. The van der Waals surface area contributed by atoms with Gasteiger partial charge in [-0.2, -0.15) is 0 Å². The van der Waals surface area contributed by atoms with Crippen molar-refractivity contribution in [3.05, 3.63) is 47.2 Å². The number of esters is 1. The summed E-state index contributed by atoms with van der Waals surface area (Å²) in [6.45, 7) is 9.94. The van der Waals surface area contributed by atoms with Crippen LogP contribution in [0.4, 0.5) is 0 Å². The summed E-state index contributed by atoms with van der Waals surface area (Å²) in [6.07, 6.45) is 3.13. The number of nitrogens with zero attached hydrogens (tertiary/aromatic N) is 1. The number of phenolic OH excluding ortho intramolecular Hbond substituents is 1. The molecule has 0 saturated heterocycles. The van der Waals surface area contributed by atoms with Gasteiger partial charge in [-0.05, 0) is 50.8 Å². The summed E-state index contributed by atoms with van der Waals surface area (Å²) in [5, 5.41) is 9.82. The fourth-order valence-electron chi connectivity index (χ4n) is 3.13. The maximum absolute atomic E-state index is 12.0. The van der Waals surface area contributed by atoms with Crippen LogP contribution in [0, 0.1) is 6.92 Å². The van der Waals surface area contributed by atoms with Gasteiger partial charge in [0.1, 0.15) is 12.0 Å². The van der Waals surface area contributed by atoms with Crippen molar-refractivity contribution in [3.8, 4) is 5.75 Å². The van der Waals surface area contributed by atoms with E-state index in [2.05, 4.69) is 18.8 Å². The minimum Gasteiger partial charge on any atom is -0.508 e. The molecule has 0 fully saturated rings. The Morgan fingerprint density at radius 3 is 2.56 bits per heavy atom. The van der Waals surface area contributed by atoms with Gasteiger partial charge in [0, 0.05) is 0 Å². The van der Waals surface area contributed by atoms with E-state index in [1.54, 1.807) is 26.2 Å². The first kappa shape index (κ1) is 19.0. The van der Waals surface area contributed by atoms with Crippen LogP contribution in [0.3, 0.4) is 0 Å². The molecular weight excluding hydrogens is 318 g/mol. The smallest absolute Gasteiger partial charge is 0.314 e. The second-order valence-electron chi connectivity index (χ2n) is 6.34. The monoisotopic (exact) mass is 345 g/mol. The highest BCUT2D eigenvalue weighted by Crippen LogP contribution is 2.40. The molecule has 25 heavy (non-hydrogen) atoms. The minimum absolute atomic E-state index is 0.272. The van der Waals surface area contributed by atoms with Crippen LogP contribution in [0.1, 0.15) is 69.2 Å². The van der Waals surface area contributed by atoms with Crippen LogP contribution in [-0.4, -0.2) is 22.7 Å². The van der Waals surface area contributed by atoms with Crippen molar-refractivity contribution in [1.29, 1.82) is 0 Å². The van der Waals surface area contributed by atoms with Gasteiger partial charge in [-0.15, -0.1) is 0 Å². The first-order chi connectivity index (χ1) is 11.9. The fraction of sp³-hybridized carbons (Fsp3) is 0.500. The van der Waals surface area contributed by atoms with Gasteiger partial charge >= 0.3 is 5.97 Å². The number of aromatic nitrogens is 1. The molecule has 0 aliphatic carbocycles. The van der Waals surface area contributed by atoms with Crippen molar-refractivity contribution in [1.82, 2.24) is 4.98 Å². The number of benzene rings is 1. The maximum atomic E-state index is 12.0. The third kappa shape index (κ3) is 3.55. The zero-order chi connectivity index (χ0) is 18.6. The molecule has 5 heteroatoms. The normalized spacial score (nSPS) is 12.8. The molecule has 0 aliphatic heterocycles. The first-order valence-electron chi connectivity index (χ1n) is 8.82. The van der Waals surface area contributed by atoms with Gasteiger partial charge in [0.2, 0.25) is 5.89 Å². The Morgan fingerprint density at radius 1 is 1.32 bits per heavy atom. The van der Waals surface area contributed by atoms with Crippen molar-refractivity contribution < 1.29 is 19.1 Å². The van der Waals surface area contributed by atoms with Gasteiger partial charge in [0.05, 0.1) is 23.6 Å². The lowest BCUT2D eigenvalue weighted by atomic mass is 9.75. The van der Waals surface area contributed by atoms with E-state index in [1.165, 1.54) is 0 Å². The number of ether oxygens (including phenoxy) is 1. The molecule has 0 radical (unpaired) electrons. The molecule has 2 rings (SSSR count). The Balaban J connectivity index is 2.44. The van der Waals surface area contributed by atoms with Crippen molar-refractivity contribution in [2.24, 2.45) is 0 Å². The van der Waals surface area contributed by atoms with E-state index < -0.39 is 11.3 Å². The summed E-state index contributed by atoms with van der Waals surface area (Å²) < 4.78 is 10.9. The molecule has 1 aromatic carbocycles. The minimum atomic E-state index is -0.467. The van der Waals surface area contributed by atoms with Crippen LogP contribution in [0.2, 0.25) is 0 Å². The third-order valence-corrected chi connectivity index (χ3v) is 4.97. The van der Waals surface area contributed by atoms with Crippen LogP contribution >= 0.6 is 0 Å². The number of rotatable bonds is 7. The molecule has 1 atom stereocenters. The highest BCUT2D eigenvalue weighted by Gasteiger charge is 2.37. The lowest BCUT2D eigenvalue weighted by Crippen LogP contribution is -2.27. The van der Waals surface area contributed by atoms with Crippen molar-refractivity contribution in [2.75, 3.05) is 6.61 Å². The van der Waals surface area contributed by atoms with Gasteiger partial charge in [-0.3, -0.25) is 4.79 Å². The highest BCUT2D eigenvalue weighted by molar-refractivity contribution is 5.76. The van der Waals surface area contributed by atoms with Gasteiger partial charge in [-0.25, -0.2) is 4.98 Å². The van der Waals surface area contributed by atoms with E-state index in [0.29, 0.717) is 18.2 Å². The highest BCUT2D eigenvalue weighted by atomic mass is 16.5. The fourth-order valence-corrected chi connectivity index (χ4v) is 3.13. The van der Waals surface area contributed by atoms with E-state index in [4.69, 9.17) is 9.15 Å². The van der Waals surface area contributed by atoms with Crippen LogP contribution in [0.5, 0.6) is 5.75 Å². The molecule has 1 heterocycles. The van der Waals surface area contributed by atoms with Crippen molar-refractivity contribution in [3.63, 3.8) is 0 Å². The number of carbonyl (C=O) groups is 1. The number of hydrogen-bond acceptors (Lipinski definition) is 5. The standard InChI is InChI=1S/C20H27NO4/c1-6-20(7-2,15-9-10-17(22)13(4)11-15)19-21-16(12-25-19)14(5)18(23)24-8-3/h9-12,14,22H,6-8H2,1-5H3. The number of aromatic hydroxyl groups is 1. The Hall–Kier alpha value is -2.30. The summed E-state index contributed by atoms with van der Waals surface area (Å²) in [7, 11) is 0. The van der Waals surface area contributed by atoms with Crippen LogP contribution in [0.25, 0.3) is 0 Å². The van der Waals surface area contributed by atoms with Gasteiger partial charge in [0.15, 0.2) is 0 Å². The Morgan fingerprint density at radius 2 is 2.00 bits per heavy atom. The van der Waals surface area contributed by atoms with Gasteiger partial charge in [-0.1, -0.05) is 26.0 Å². The average molecular weight is 345 g/mol. The quantitative estimate of drug-likeness (QED) is 0.750. The Bertz CT molecular complexity index is 731. The molecule has 0 aliphatic rings. The zero-order valence-electron chi connectivity index (χ0n) is 15.6. The molecule has 0 amide bonds. The number of oxazole rings is 1. The van der Waals surface area contributed by atoms with Crippen molar-refractivity contribution in [2.45, 2.75) is 58.8 Å². The number of phenols is 1. The topological polar surface area (TPSA) is 72.6 Å². The number of hydrogen-bond donors (Lipinski definition) is 1. The van der Waals surface area contributed by atoms with Gasteiger partial charge < -0.3 is 14.3 Å². The number of carbonyl (C=O) groups excluding carboxylic acids is 1. The number of aryl methyl sites for hydroxylation is 1. The van der Waals surface area contributed by atoms with E-state index in [-0.39, 0.29) is 11.7 Å². The maximum Gasteiger partial charge on any atom is 0.314 e. The molecule has 1 unspecified atom stereocenters. The molecule has 136 valence electrons. The van der Waals surface area contributed by atoms with Crippen LogP contribution in [0.15, 0.2) is 28.9 Å². The summed E-state index contributed by atoms with van der Waals surface area (Å²) in [5.41, 5.74) is 2.04. The summed E-state index contributed by atoms with van der Waals surface area (Å²) in [6, 6.07) is 5.59. The molecule has 0 bridgehead atoms. The third-order valence-electron chi connectivity index (χ3n) is 4.97. The largest absolute Gasteiger partial charge is 0.508 e. The van der Waals surface area contributed by atoms with E-state index >= 15 is 0 Å². The molecular formula is C20H27NO4. The Kier molecular flexibility index (Phi) is 5.88. The van der Waals surface area contributed by atoms with Crippen LogP contribution in [-0.2, 0) is 14.9 Å². The average Bonchev–Trinajstić information content (AvgIpc) is 3.09. The van der Waals surface area contributed by atoms with Gasteiger partial charge in [0.25, 0.3) is 0 Å². The second-order valence-corrected chi connectivity index (χ2v) is 6.34. The summed E-state index contributed by atoms with van der Waals surface area (Å²) in [5.74, 6) is 0.0921. The van der Waals surface area contributed by atoms with E-state index in [0.717, 1.165) is 24.0 Å². The predicted octanol–water partition coefficient (Wildman–Crippen LogP) is 4.46. The first-order valence-corrected chi connectivity index (χ1v) is 8.82. The van der Waals surface area contributed by atoms with Crippen molar-refractivity contribution >= 4 is 5.97 Å². The SMILES string of the molecule is CCOC(=O)C(C)c1coc(C(CC)(CC)c2ccc(O)c(C)c2)n1. The lowest BCUT2D eigenvalue weighted by Gasteiger charge is -2.29.